The van der Waals surface area contributed by atoms with Crippen LogP contribution in [0.25, 0.3) is 0 Å². The molecule has 0 unspecified atom stereocenters. The molecule has 4 rings (SSSR count). The van der Waals surface area contributed by atoms with E-state index in [2.05, 4.69) is 5.32 Å². The lowest BCUT2D eigenvalue weighted by molar-refractivity contribution is -0.140. The van der Waals surface area contributed by atoms with E-state index in [0.717, 1.165) is 11.6 Å². The van der Waals surface area contributed by atoms with Crippen molar-refractivity contribution in [3.05, 3.63) is 53.3 Å². The average molecular weight is 381 g/mol. The van der Waals surface area contributed by atoms with E-state index in [1.165, 1.54) is 0 Å². The molecule has 142 valence electrons. The average Bonchev–Trinajstić information content (AvgIpc) is 3.43. The first kappa shape index (κ1) is 17.6. The summed E-state index contributed by atoms with van der Waals surface area (Å²) in [4.78, 5) is 12.4. The van der Waals surface area contributed by atoms with Gasteiger partial charge in [0.25, 0.3) is 0 Å². The van der Waals surface area contributed by atoms with Crippen molar-refractivity contribution in [3.63, 3.8) is 0 Å². The normalized spacial score (nSPS) is 20.9. The molecule has 2 atom stereocenters. The van der Waals surface area contributed by atoms with Gasteiger partial charge in [-0.3, -0.25) is 4.79 Å². The van der Waals surface area contributed by atoms with Gasteiger partial charge in [0.15, 0.2) is 11.5 Å². The van der Waals surface area contributed by atoms with E-state index in [1.807, 2.05) is 12.1 Å². The second-order valence-corrected chi connectivity index (χ2v) is 6.53. The van der Waals surface area contributed by atoms with Crippen LogP contribution in [0.1, 0.15) is 23.5 Å². The van der Waals surface area contributed by atoms with Crippen LogP contribution in [0.5, 0.6) is 11.5 Å². The Bertz CT molecular complexity index is 897. The SMILES string of the molecule is O=C(Nc1ccc(F)c(C(F)(F)F)c1)[C@@H]1C[C@@H]1c1ccc2c(c1)OCCO2. The first-order valence-corrected chi connectivity index (χ1v) is 8.40. The van der Waals surface area contributed by atoms with Gasteiger partial charge in [-0.2, -0.15) is 13.2 Å². The number of hydrogen-bond donors (Lipinski definition) is 1. The predicted octanol–water partition coefficient (Wildman–Crippen LogP) is 4.36. The summed E-state index contributed by atoms with van der Waals surface area (Å²) in [7, 11) is 0. The standard InChI is InChI=1S/C19H15F4NO3/c20-15-3-2-11(8-14(15)19(21,22)23)24-18(25)13-9-12(13)10-1-4-16-17(7-10)27-6-5-26-16/h1-4,7-8,12-13H,5-6,9H2,(H,24,25)/t12-,13-/m1/s1. The Labute approximate surface area is 152 Å². The van der Waals surface area contributed by atoms with Gasteiger partial charge in [0.2, 0.25) is 5.91 Å². The minimum atomic E-state index is -4.82. The highest BCUT2D eigenvalue weighted by Gasteiger charge is 2.44. The molecule has 1 saturated carbocycles. The van der Waals surface area contributed by atoms with Crippen LogP contribution in [0, 0.1) is 11.7 Å². The Kier molecular flexibility index (Phi) is 4.20. The summed E-state index contributed by atoms with van der Waals surface area (Å²) >= 11 is 0. The number of ether oxygens (including phenoxy) is 2. The van der Waals surface area contributed by atoms with E-state index >= 15 is 0 Å². The van der Waals surface area contributed by atoms with Gasteiger partial charge < -0.3 is 14.8 Å². The summed E-state index contributed by atoms with van der Waals surface area (Å²) < 4.78 is 62.7. The van der Waals surface area contributed by atoms with Crippen LogP contribution >= 0.6 is 0 Å². The summed E-state index contributed by atoms with van der Waals surface area (Å²) in [6.07, 6.45) is -4.24. The zero-order chi connectivity index (χ0) is 19.2. The van der Waals surface area contributed by atoms with Crippen molar-refractivity contribution in [3.8, 4) is 11.5 Å². The Morgan fingerprint density at radius 1 is 1.04 bits per heavy atom. The van der Waals surface area contributed by atoms with Crippen molar-refractivity contribution in [2.24, 2.45) is 5.92 Å². The predicted molar refractivity (Wildman–Crippen MR) is 88.3 cm³/mol. The zero-order valence-electron chi connectivity index (χ0n) is 14.0. The van der Waals surface area contributed by atoms with Crippen molar-refractivity contribution in [1.82, 2.24) is 0 Å². The van der Waals surface area contributed by atoms with Crippen LogP contribution in [-0.4, -0.2) is 19.1 Å². The van der Waals surface area contributed by atoms with Crippen molar-refractivity contribution >= 4 is 11.6 Å². The fourth-order valence-corrected chi connectivity index (χ4v) is 3.20. The van der Waals surface area contributed by atoms with Crippen LogP contribution in [0.3, 0.4) is 0 Å². The third kappa shape index (κ3) is 3.56. The third-order valence-electron chi connectivity index (χ3n) is 4.66. The maximum Gasteiger partial charge on any atom is 0.419 e. The molecule has 2 aliphatic rings. The number of halogens is 4. The maximum atomic E-state index is 13.3. The molecule has 0 radical (unpaired) electrons. The highest BCUT2D eigenvalue weighted by molar-refractivity contribution is 5.95. The molecule has 1 aliphatic carbocycles. The van der Waals surface area contributed by atoms with E-state index in [-0.39, 0.29) is 17.5 Å². The molecule has 1 heterocycles. The van der Waals surface area contributed by atoms with Gasteiger partial charge >= 0.3 is 6.18 Å². The molecule has 1 aliphatic heterocycles. The monoisotopic (exact) mass is 381 g/mol. The number of carbonyl (C=O) groups excluding carboxylic acids is 1. The third-order valence-corrected chi connectivity index (χ3v) is 4.66. The van der Waals surface area contributed by atoms with E-state index in [4.69, 9.17) is 9.47 Å². The van der Waals surface area contributed by atoms with Gasteiger partial charge in [0.05, 0.1) is 5.56 Å². The molecule has 8 heteroatoms. The second kappa shape index (κ2) is 6.44. The van der Waals surface area contributed by atoms with Gasteiger partial charge in [-0.1, -0.05) is 6.07 Å². The number of hydrogen-bond acceptors (Lipinski definition) is 3. The van der Waals surface area contributed by atoms with Crippen molar-refractivity contribution in [1.29, 1.82) is 0 Å². The molecule has 1 fully saturated rings. The molecule has 0 saturated heterocycles. The molecule has 0 bridgehead atoms. The topological polar surface area (TPSA) is 47.6 Å². The zero-order valence-corrected chi connectivity index (χ0v) is 14.0. The molecule has 2 aromatic rings. The molecular weight excluding hydrogens is 366 g/mol. The van der Waals surface area contributed by atoms with E-state index < -0.39 is 23.5 Å². The van der Waals surface area contributed by atoms with Gasteiger partial charge in [-0.15, -0.1) is 0 Å². The Morgan fingerprint density at radius 2 is 1.78 bits per heavy atom. The fourth-order valence-electron chi connectivity index (χ4n) is 3.20. The number of benzene rings is 2. The molecule has 27 heavy (non-hydrogen) atoms. The lowest BCUT2D eigenvalue weighted by Gasteiger charge is -2.18. The van der Waals surface area contributed by atoms with Crippen molar-refractivity contribution in [2.75, 3.05) is 18.5 Å². The smallest absolute Gasteiger partial charge is 0.419 e. The molecule has 0 spiro atoms. The number of nitrogens with one attached hydrogen (secondary N) is 1. The number of rotatable bonds is 3. The number of anilines is 1. The van der Waals surface area contributed by atoms with Gasteiger partial charge in [-0.05, 0) is 48.2 Å². The maximum absolute atomic E-state index is 13.3. The summed E-state index contributed by atoms with van der Waals surface area (Å²) in [5.74, 6) is -0.887. The highest BCUT2D eigenvalue weighted by atomic mass is 19.4. The van der Waals surface area contributed by atoms with E-state index in [1.54, 1.807) is 6.07 Å². The van der Waals surface area contributed by atoms with E-state index in [9.17, 15) is 22.4 Å². The van der Waals surface area contributed by atoms with Crippen LogP contribution in [0.2, 0.25) is 0 Å². The number of amides is 1. The number of fused-ring (bicyclic) bond motifs is 1. The van der Waals surface area contributed by atoms with Gasteiger partial charge in [-0.25, -0.2) is 4.39 Å². The molecule has 1 amide bonds. The molecule has 4 nitrogen and oxygen atoms in total. The Hall–Kier alpha value is -2.77. The van der Waals surface area contributed by atoms with Crippen LogP contribution in [0.4, 0.5) is 23.2 Å². The molecule has 1 N–H and O–H groups in total. The minimum absolute atomic E-state index is 0.0386. The number of alkyl halides is 3. The number of carbonyl (C=O) groups is 1. The van der Waals surface area contributed by atoms with E-state index in [0.29, 0.717) is 43.3 Å². The summed E-state index contributed by atoms with van der Waals surface area (Å²) in [6.45, 7) is 0.940. The first-order valence-electron chi connectivity index (χ1n) is 8.40. The fraction of sp³-hybridized carbons (Fsp3) is 0.316. The summed E-state index contributed by atoms with van der Waals surface area (Å²) in [5, 5.41) is 2.44. The van der Waals surface area contributed by atoms with Crippen molar-refractivity contribution < 1.29 is 31.8 Å². The van der Waals surface area contributed by atoms with Crippen LogP contribution in [-0.2, 0) is 11.0 Å². The highest BCUT2D eigenvalue weighted by Crippen LogP contribution is 2.50. The summed E-state index contributed by atoms with van der Waals surface area (Å²) in [5.41, 5.74) is -0.574. The molecule has 0 aromatic heterocycles. The lowest BCUT2D eigenvalue weighted by atomic mass is 10.1. The van der Waals surface area contributed by atoms with Crippen LogP contribution in [0.15, 0.2) is 36.4 Å². The second-order valence-electron chi connectivity index (χ2n) is 6.53. The lowest BCUT2D eigenvalue weighted by Crippen LogP contribution is -2.16. The minimum Gasteiger partial charge on any atom is -0.486 e. The summed E-state index contributed by atoms with van der Waals surface area (Å²) in [6, 6.07) is 7.88. The van der Waals surface area contributed by atoms with Crippen LogP contribution < -0.4 is 14.8 Å². The van der Waals surface area contributed by atoms with Crippen molar-refractivity contribution in [2.45, 2.75) is 18.5 Å². The molecular formula is C19H15F4NO3. The largest absolute Gasteiger partial charge is 0.486 e. The Morgan fingerprint density at radius 3 is 2.52 bits per heavy atom. The van der Waals surface area contributed by atoms with Gasteiger partial charge in [0, 0.05) is 11.6 Å². The first-order chi connectivity index (χ1) is 12.8. The molecule has 2 aromatic carbocycles. The quantitative estimate of drug-likeness (QED) is 0.804. The van der Waals surface area contributed by atoms with Gasteiger partial charge in [0.1, 0.15) is 19.0 Å². The Balaban J connectivity index is 1.45.